The van der Waals surface area contributed by atoms with Crippen LogP contribution in [0.3, 0.4) is 0 Å². The molecule has 1 rings (SSSR count). The topological polar surface area (TPSA) is 53.4 Å². The maximum atomic E-state index is 10.8. The number of hydrogen-bond acceptors (Lipinski definition) is 4. The number of aromatic nitrogens is 2. The van der Waals surface area contributed by atoms with Crippen LogP contribution in [0.25, 0.3) is 0 Å². The van der Waals surface area contributed by atoms with Crippen molar-refractivity contribution in [3.8, 4) is 5.88 Å². The highest BCUT2D eigenvalue weighted by Gasteiger charge is 2.06. The third kappa shape index (κ3) is 1.98. The van der Waals surface area contributed by atoms with Crippen LogP contribution < -0.4 is 4.74 Å². The number of aryl methyl sites for hydroxylation is 1. The standard InChI is InChI=1S/C7H10N2O3/c1-3-11-7(10)12-6-4-8-5-9(6)2/h4-5H,3H2,1-2H3. The molecule has 0 aliphatic carbocycles. The minimum Gasteiger partial charge on any atom is -0.434 e. The Balaban J connectivity index is 2.52. The van der Waals surface area contributed by atoms with E-state index in [-0.39, 0.29) is 0 Å². The molecule has 0 amide bonds. The first-order valence-corrected chi connectivity index (χ1v) is 3.55. The first-order chi connectivity index (χ1) is 5.74. The molecule has 1 heterocycles. The number of nitrogens with zero attached hydrogens (tertiary/aromatic N) is 2. The molecule has 0 aromatic carbocycles. The normalized spacial score (nSPS) is 9.50. The molecule has 5 nitrogen and oxygen atoms in total. The molecule has 5 heteroatoms. The van der Waals surface area contributed by atoms with Gasteiger partial charge in [-0.25, -0.2) is 9.78 Å². The van der Waals surface area contributed by atoms with Crippen molar-refractivity contribution in [1.29, 1.82) is 0 Å². The smallest absolute Gasteiger partial charge is 0.434 e. The molecular weight excluding hydrogens is 160 g/mol. The van der Waals surface area contributed by atoms with Crippen LogP contribution in [-0.2, 0) is 11.8 Å². The minimum absolute atomic E-state index is 0.302. The van der Waals surface area contributed by atoms with E-state index in [4.69, 9.17) is 4.74 Å². The van der Waals surface area contributed by atoms with Crippen molar-refractivity contribution in [1.82, 2.24) is 9.55 Å². The Bertz CT molecular complexity index is 269. The lowest BCUT2D eigenvalue weighted by Gasteiger charge is -2.02. The second-order valence-electron chi connectivity index (χ2n) is 2.13. The molecule has 0 aliphatic heterocycles. The van der Waals surface area contributed by atoms with Crippen LogP contribution in [0.4, 0.5) is 4.79 Å². The van der Waals surface area contributed by atoms with Gasteiger partial charge in [-0.2, -0.15) is 0 Å². The number of imidazole rings is 1. The first-order valence-electron chi connectivity index (χ1n) is 3.55. The summed E-state index contributed by atoms with van der Waals surface area (Å²) in [4.78, 5) is 14.5. The van der Waals surface area contributed by atoms with Crippen molar-refractivity contribution in [2.75, 3.05) is 6.61 Å². The molecule has 0 bridgehead atoms. The van der Waals surface area contributed by atoms with Crippen molar-refractivity contribution in [2.45, 2.75) is 6.92 Å². The lowest BCUT2D eigenvalue weighted by molar-refractivity contribution is 0.101. The van der Waals surface area contributed by atoms with Gasteiger partial charge in [0.15, 0.2) is 0 Å². The fourth-order valence-electron chi connectivity index (χ4n) is 0.676. The molecule has 12 heavy (non-hydrogen) atoms. The molecule has 1 aromatic rings. The van der Waals surface area contributed by atoms with Gasteiger partial charge in [0.2, 0.25) is 5.88 Å². The fourth-order valence-corrected chi connectivity index (χ4v) is 0.676. The van der Waals surface area contributed by atoms with Gasteiger partial charge < -0.3 is 14.0 Å². The molecule has 0 radical (unpaired) electrons. The lowest BCUT2D eigenvalue weighted by atomic mass is 10.8. The van der Waals surface area contributed by atoms with E-state index in [0.29, 0.717) is 12.5 Å². The van der Waals surface area contributed by atoms with Gasteiger partial charge in [0.05, 0.1) is 19.1 Å². The molecule has 1 aromatic heterocycles. The van der Waals surface area contributed by atoms with Gasteiger partial charge in [0.1, 0.15) is 0 Å². The van der Waals surface area contributed by atoms with Crippen LogP contribution >= 0.6 is 0 Å². The average molecular weight is 170 g/mol. The summed E-state index contributed by atoms with van der Waals surface area (Å²) < 4.78 is 10.9. The van der Waals surface area contributed by atoms with Crippen LogP contribution in [-0.4, -0.2) is 22.3 Å². The van der Waals surface area contributed by atoms with E-state index < -0.39 is 6.16 Å². The summed E-state index contributed by atoms with van der Waals surface area (Å²) in [6, 6.07) is 0. The summed E-state index contributed by atoms with van der Waals surface area (Å²) in [6.45, 7) is 2.02. The van der Waals surface area contributed by atoms with Gasteiger partial charge in [0.25, 0.3) is 0 Å². The van der Waals surface area contributed by atoms with E-state index in [2.05, 4.69) is 9.72 Å². The number of carbonyl (C=O) groups excluding carboxylic acids is 1. The number of carbonyl (C=O) groups is 1. The van der Waals surface area contributed by atoms with Crippen LogP contribution in [0, 0.1) is 0 Å². The van der Waals surface area contributed by atoms with E-state index in [0.717, 1.165) is 0 Å². The molecule has 0 saturated heterocycles. The molecule has 0 aliphatic rings. The van der Waals surface area contributed by atoms with E-state index in [1.807, 2.05) is 0 Å². The molecule has 0 atom stereocenters. The van der Waals surface area contributed by atoms with Gasteiger partial charge in [-0.05, 0) is 6.92 Å². The minimum atomic E-state index is -0.707. The summed E-state index contributed by atoms with van der Waals surface area (Å²) in [5.41, 5.74) is 0. The van der Waals surface area contributed by atoms with Crippen molar-refractivity contribution in [3.05, 3.63) is 12.5 Å². The van der Waals surface area contributed by atoms with E-state index >= 15 is 0 Å². The van der Waals surface area contributed by atoms with Crippen LogP contribution in [0.1, 0.15) is 6.92 Å². The van der Waals surface area contributed by atoms with Gasteiger partial charge in [-0.3, -0.25) is 0 Å². The van der Waals surface area contributed by atoms with E-state index in [9.17, 15) is 4.79 Å². The van der Waals surface area contributed by atoms with Crippen LogP contribution in [0.2, 0.25) is 0 Å². The Morgan fingerprint density at radius 2 is 2.50 bits per heavy atom. The quantitative estimate of drug-likeness (QED) is 0.620. The highest BCUT2D eigenvalue weighted by Crippen LogP contribution is 2.07. The molecule has 0 fully saturated rings. The van der Waals surface area contributed by atoms with Gasteiger partial charge in [-0.15, -0.1) is 0 Å². The maximum absolute atomic E-state index is 10.8. The first kappa shape index (κ1) is 8.58. The summed E-state index contributed by atoms with van der Waals surface area (Å²) >= 11 is 0. The number of rotatable bonds is 2. The third-order valence-electron chi connectivity index (χ3n) is 1.22. The fraction of sp³-hybridized carbons (Fsp3) is 0.429. The number of ether oxygens (including phenoxy) is 2. The highest BCUT2D eigenvalue weighted by molar-refractivity contribution is 5.62. The summed E-state index contributed by atoms with van der Waals surface area (Å²) in [5.74, 6) is 0.369. The molecule has 0 unspecified atom stereocenters. The summed E-state index contributed by atoms with van der Waals surface area (Å²) in [6.07, 6.45) is 2.27. The van der Waals surface area contributed by atoms with Crippen molar-refractivity contribution in [2.24, 2.45) is 7.05 Å². The Morgan fingerprint density at radius 3 is 3.00 bits per heavy atom. The van der Waals surface area contributed by atoms with Crippen LogP contribution in [0.15, 0.2) is 12.5 Å². The largest absolute Gasteiger partial charge is 0.515 e. The molecule has 0 spiro atoms. The Labute approximate surface area is 69.9 Å². The Hall–Kier alpha value is -1.52. The van der Waals surface area contributed by atoms with Gasteiger partial charge in [0, 0.05) is 7.05 Å². The molecular formula is C7H10N2O3. The lowest BCUT2D eigenvalue weighted by Crippen LogP contribution is -2.11. The molecule has 0 N–H and O–H groups in total. The van der Waals surface area contributed by atoms with Crippen LogP contribution in [0.5, 0.6) is 5.88 Å². The Morgan fingerprint density at radius 1 is 1.75 bits per heavy atom. The predicted molar refractivity (Wildman–Crippen MR) is 40.9 cm³/mol. The monoisotopic (exact) mass is 170 g/mol. The molecule has 66 valence electrons. The van der Waals surface area contributed by atoms with Gasteiger partial charge in [-0.1, -0.05) is 0 Å². The highest BCUT2D eigenvalue weighted by atomic mass is 16.7. The van der Waals surface area contributed by atoms with Gasteiger partial charge >= 0.3 is 6.16 Å². The Kier molecular flexibility index (Phi) is 2.68. The predicted octanol–water partition coefficient (Wildman–Crippen LogP) is 0.955. The average Bonchev–Trinajstić information content (AvgIpc) is 2.37. The van der Waals surface area contributed by atoms with Crippen molar-refractivity contribution < 1.29 is 14.3 Å². The van der Waals surface area contributed by atoms with E-state index in [1.165, 1.54) is 12.5 Å². The maximum Gasteiger partial charge on any atom is 0.515 e. The number of hydrogen-bond donors (Lipinski definition) is 0. The second-order valence-corrected chi connectivity index (χ2v) is 2.13. The summed E-state index contributed by atoms with van der Waals surface area (Å²) in [5, 5.41) is 0. The zero-order valence-corrected chi connectivity index (χ0v) is 6.98. The third-order valence-corrected chi connectivity index (χ3v) is 1.22. The van der Waals surface area contributed by atoms with Crippen molar-refractivity contribution in [3.63, 3.8) is 0 Å². The second kappa shape index (κ2) is 3.75. The van der Waals surface area contributed by atoms with Crippen molar-refractivity contribution >= 4 is 6.16 Å². The zero-order chi connectivity index (χ0) is 8.97. The summed E-state index contributed by atoms with van der Waals surface area (Å²) in [7, 11) is 1.72. The zero-order valence-electron chi connectivity index (χ0n) is 6.98. The molecule has 0 saturated carbocycles. The SMILES string of the molecule is CCOC(=O)Oc1cncn1C. The van der Waals surface area contributed by atoms with E-state index in [1.54, 1.807) is 18.5 Å².